The van der Waals surface area contributed by atoms with E-state index in [9.17, 15) is 22.8 Å². The molecule has 1 aliphatic rings. The van der Waals surface area contributed by atoms with Crippen LogP contribution >= 0.6 is 0 Å². The van der Waals surface area contributed by atoms with Crippen molar-refractivity contribution in [1.82, 2.24) is 10.2 Å². The molecule has 0 radical (unpaired) electrons. The Hall–Kier alpha value is -2.22. The molecule has 0 saturated carbocycles. The molecule has 0 saturated heterocycles. The van der Waals surface area contributed by atoms with Crippen molar-refractivity contribution in [3.05, 3.63) is 35.4 Å². The second kappa shape index (κ2) is 6.91. The van der Waals surface area contributed by atoms with Gasteiger partial charge in [0, 0.05) is 25.8 Å². The fourth-order valence-electron chi connectivity index (χ4n) is 2.30. The summed E-state index contributed by atoms with van der Waals surface area (Å²) in [6.07, 6.45) is 1.55. The summed E-state index contributed by atoms with van der Waals surface area (Å²) in [5.74, 6) is -1.10. The predicted molar refractivity (Wildman–Crippen MR) is 83.8 cm³/mol. The number of carbonyl (C=O) groups excluding carboxylic acids is 3. The first-order chi connectivity index (χ1) is 10.8. The van der Waals surface area contributed by atoms with E-state index in [0.29, 0.717) is 17.5 Å². The van der Waals surface area contributed by atoms with E-state index < -0.39 is 9.84 Å². The predicted octanol–water partition coefficient (Wildman–Crippen LogP) is 0.224. The van der Waals surface area contributed by atoms with Gasteiger partial charge in [-0.1, -0.05) is 12.1 Å². The zero-order valence-corrected chi connectivity index (χ0v) is 13.6. The van der Waals surface area contributed by atoms with Gasteiger partial charge >= 0.3 is 0 Å². The Morgan fingerprint density at radius 2 is 1.70 bits per heavy atom. The molecule has 1 heterocycles. The number of hydrogen-bond donors (Lipinski definition) is 1. The fraction of sp³-hybridized carbons (Fsp3) is 0.400. The molecular formula is C15H18N2O5S. The quantitative estimate of drug-likeness (QED) is 0.717. The van der Waals surface area contributed by atoms with Crippen molar-refractivity contribution >= 4 is 27.6 Å². The maximum atomic E-state index is 12.1. The number of hydrogen-bond acceptors (Lipinski definition) is 5. The molecule has 0 bridgehead atoms. The van der Waals surface area contributed by atoms with Crippen LogP contribution in [0.5, 0.6) is 0 Å². The normalized spacial score (nSPS) is 14.0. The summed E-state index contributed by atoms with van der Waals surface area (Å²) in [5, 5.41) is 2.50. The molecule has 0 atom stereocenters. The van der Waals surface area contributed by atoms with Gasteiger partial charge in [-0.25, -0.2) is 8.42 Å². The third-order valence-electron chi connectivity index (χ3n) is 3.46. The molecule has 7 nitrogen and oxygen atoms in total. The summed E-state index contributed by atoms with van der Waals surface area (Å²) >= 11 is 0. The molecule has 1 aromatic rings. The number of imide groups is 1. The van der Waals surface area contributed by atoms with Crippen LogP contribution in [0.25, 0.3) is 0 Å². The Labute approximate surface area is 134 Å². The van der Waals surface area contributed by atoms with Crippen LogP contribution in [-0.4, -0.2) is 56.1 Å². The highest BCUT2D eigenvalue weighted by Crippen LogP contribution is 2.22. The van der Waals surface area contributed by atoms with Gasteiger partial charge < -0.3 is 5.32 Å². The van der Waals surface area contributed by atoms with Gasteiger partial charge in [-0.3, -0.25) is 19.3 Å². The first-order valence-electron chi connectivity index (χ1n) is 7.19. The monoisotopic (exact) mass is 338 g/mol. The minimum absolute atomic E-state index is 0.0602. The molecule has 3 amide bonds. The fourth-order valence-corrected chi connectivity index (χ4v) is 2.78. The van der Waals surface area contributed by atoms with E-state index in [-0.39, 0.29) is 43.0 Å². The lowest BCUT2D eigenvalue weighted by Crippen LogP contribution is -2.33. The topological polar surface area (TPSA) is 101 Å². The SMILES string of the molecule is CS(=O)(=O)CCNC(=O)CCCN1C(=O)c2ccccc2C1=O. The van der Waals surface area contributed by atoms with Crippen molar-refractivity contribution in [3.63, 3.8) is 0 Å². The first-order valence-corrected chi connectivity index (χ1v) is 9.25. The van der Waals surface area contributed by atoms with Gasteiger partial charge in [-0.05, 0) is 18.6 Å². The summed E-state index contributed by atoms with van der Waals surface area (Å²) in [5.41, 5.74) is 0.769. The van der Waals surface area contributed by atoms with Crippen LogP contribution in [0, 0.1) is 0 Å². The molecule has 1 aliphatic heterocycles. The standard InChI is InChI=1S/C15H18N2O5S/c1-23(21,22)10-8-16-13(18)7-4-9-17-14(19)11-5-2-3-6-12(11)15(17)20/h2-3,5-6H,4,7-10H2,1H3,(H,16,18). The Morgan fingerprint density at radius 1 is 1.13 bits per heavy atom. The Bertz CT molecular complexity index is 707. The maximum absolute atomic E-state index is 12.1. The zero-order valence-electron chi connectivity index (χ0n) is 12.7. The van der Waals surface area contributed by atoms with E-state index in [2.05, 4.69) is 5.32 Å². The van der Waals surface area contributed by atoms with Crippen LogP contribution in [0.4, 0.5) is 0 Å². The summed E-state index contributed by atoms with van der Waals surface area (Å²) in [7, 11) is -3.11. The molecule has 0 aromatic heterocycles. The molecule has 1 N–H and O–H groups in total. The van der Waals surface area contributed by atoms with Gasteiger partial charge in [0.05, 0.1) is 16.9 Å². The van der Waals surface area contributed by atoms with Gasteiger partial charge in [0.1, 0.15) is 9.84 Å². The van der Waals surface area contributed by atoms with Crippen LogP contribution in [0.3, 0.4) is 0 Å². The molecule has 0 spiro atoms. The number of benzene rings is 1. The maximum Gasteiger partial charge on any atom is 0.261 e. The second-order valence-electron chi connectivity index (χ2n) is 5.39. The van der Waals surface area contributed by atoms with E-state index in [1.54, 1.807) is 24.3 Å². The Kier molecular flexibility index (Phi) is 5.15. The first kappa shape index (κ1) is 17.1. The summed E-state index contributed by atoms with van der Waals surface area (Å²) in [4.78, 5) is 36.9. The third-order valence-corrected chi connectivity index (χ3v) is 4.40. The van der Waals surface area contributed by atoms with Gasteiger partial charge in [0.15, 0.2) is 0 Å². The number of rotatable bonds is 7. The lowest BCUT2D eigenvalue weighted by molar-refractivity contribution is -0.121. The molecular weight excluding hydrogens is 320 g/mol. The molecule has 0 fully saturated rings. The zero-order chi connectivity index (χ0) is 17.0. The second-order valence-corrected chi connectivity index (χ2v) is 7.65. The number of nitrogens with one attached hydrogen (secondary N) is 1. The van der Waals surface area contributed by atoms with Gasteiger partial charge in [-0.2, -0.15) is 0 Å². The van der Waals surface area contributed by atoms with Crippen molar-refractivity contribution in [2.45, 2.75) is 12.8 Å². The summed E-state index contributed by atoms with van der Waals surface area (Å²) in [6.45, 7) is 0.219. The van der Waals surface area contributed by atoms with Crippen molar-refractivity contribution in [3.8, 4) is 0 Å². The number of sulfone groups is 1. The van der Waals surface area contributed by atoms with E-state index in [1.165, 1.54) is 0 Å². The Morgan fingerprint density at radius 3 is 2.22 bits per heavy atom. The third kappa shape index (κ3) is 4.38. The number of fused-ring (bicyclic) bond motifs is 1. The lowest BCUT2D eigenvalue weighted by atomic mass is 10.1. The highest BCUT2D eigenvalue weighted by atomic mass is 32.2. The van der Waals surface area contributed by atoms with Crippen LogP contribution < -0.4 is 5.32 Å². The minimum atomic E-state index is -3.11. The van der Waals surface area contributed by atoms with Crippen LogP contribution in [0.1, 0.15) is 33.6 Å². The van der Waals surface area contributed by atoms with Crippen molar-refractivity contribution in [2.24, 2.45) is 0 Å². The number of amides is 3. The van der Waals surface area contributed by atoms with E-state index >= 15 is 0 Å². The van der Waals surface area contributed by atoms with Crippen LogP contribution in [-0.2, 0) is 14.6 Å². The average molecular weight is 338 g/mol. The molecule has 1 aromatic carbocycles. The molecule has 8 heteroatoms. The lowest BCUT2D eigenvalue weighted by Gasteiger charge is -2.13. The highest BCUT2D eigenvalue weighted by Gasteiger charge is 2.34. The summed E-state index contributed by atoms with van der Waals surface area (Å²) < 4.78 is 21.9. The van der Waals surface area contributed by atoms with Crippen LogP contribution in [0.2, 0.25) is 0 Å². The van der Waals surface area contributed by atoms with Crippen molar-refractivity contribution in [1.29, 1.82) is 0 Å². The van der Waals surface area contributed by atoms with Crippen molar-refractivity contribution < 1.29 is 22.8 Å². The number of carbonyl (C=O) groups is 3. The smallest absolute Gasteiger partial charge is 0.261 e. The van der Waals surface area contributed by atoms with Gasteiger partial charge in [-0.15, -0.1) is 0 Å². The largest absolute Gasteiger partial charge is 0.355 e. The van der Waals surface area contributed by atoms with E-state index in [4.69, 9.17) is 0 Å². The van der Waals surface area contributed by atoms with Gasteiger partial charge in [0.25, 0.3) is 11.8 Å². The molecule has 0 aliphatic carbocycles. The number of nitrogens with zero attached hydrogens (tertiary/aromatic N) is 1. The summed E-state index contributed by atoms with van der Waals surface area (Å²) in [6, 6.07) is 6.60. The van der Waals surface area contributed by atoms with Gasteiger partial charge in [0.2, 0.25) is 5.91 Å². The highest BCUT2D eigenvalue weighted by molar-refractivity contribution is 7.90. The Balaban J connectivity index is 1.78. The molecule has 0 unspecified atom stereocenters. The molecule has 2 rings (SSSR count). The molecule has 23 heavy (non-hydrogen) atoms. The van der Waals surface area contributed by atoms with Crippen molar-refractivity contribution in [2.75, 3.05) is 25.1 Å². The van der Waals surface area contributed by atoms with E-state index in [1.807, 2.05) is 0 Å². The minimum Gasteiger partial charge on any atom is -0.355 e. The average Bonchev–Trinajstić information content (AvgIpc) is 2.71. The van der Waals surface area contributed by atoms with Crippen LogP contribution in [0.15, 0.2) is 24.3 Å². The molecule has 124 valence electrons. The van der Waals surface area contributed by atoms with E-state index in [0.717, 1.165) is 11.2 Å².